The van der Waals surface area contributed by atoms with Gasteiger partial charge < -0.3 is 4.74 Å². The van der Waals surface area contributed by atoms with Gasteiger partial charge in [0, 0.05) is 24.2 Å². The number of nitrogens with zero attached hydrogens (tertiary/aromatic N) is 3. The number of benzene rings is 1. The highest BCUT2D eigenvalue weighted by Gasteiger charge is 2.39. The van der Waals surface area contributed by atoms with Gasteiger partial charge in [-0.3, -0.25) is 4.79 Å². The summed E-state index contributed by atoms with van der Waals surface area (Å²) < 4.78 is 72.0. The van der Waals surface area contributed by atoms with Gasteiger partial charge in [0.1, 0.15) is 4.21 Å². The number of carbonyl (C=O) groups excluding carboxylic acids is 1. The van der Waals surface area contributed by atoms with Gasteiger partial charge in [-0.25, -0.2) is 13.4 Å². The highest BCUT2D eigenvalue weighted by Crippen LogP contribution is 2.33. The normalized spacial score (nSPS) is 16.7. The molecule has 13 heteroatoms. The zero-order chi connectivity index (χ0) is 26.8. The molecule has 37 heavy (non-hydrogen) atoms. The van der Waals surface area contributed by atoms with Crippen LogP contribution in [0.25, 0.3) is 11.3 Å². The van der Waals surface area contributed by atoms with Gasteiger partial charge >= 0.3 is 12.2 Å². The first-order valence-electron chi connectivity index (χ1n) is 11.5. The van der Waals surface area contributed by atoms with Gasteiger partial charge in [0.25, 0.3) is 10.0 Å². The van der Waals surface area contributed by atoms with E-state index < -0.39 is 27.8 Å². The van der Waals surface area contributed by atoms with Crippen LogP contribution in [-0.4, -0.2) is 47.7 Å². The summed E-state index contributed by atoms with van der Waals surface area (Å²) in [7, 11) is -3.85. The van der Waals surface area contributed by atoms with E-state index in [1.54, 1.807) is 13.0 Å². The summed E-state index contributed by atoms with van der Waals surface area (Å²) in [6.07, 6.45) is -3.26. The Morgan fingerprint density at radius 2 is 1.92 bits per heavy atom. The summed E-state index contributed by atoms with van der Waals surface area (Å²) in [4.78, 5) is 21.7. The number of halogens is 4. The molecule has 1 fully saturated rings. The minimum atomic E-state index is -4.45. The van der Waals surface area contributed by atoms with Crippen molar-refractivity contribution in [3.63, 3.8) is 0 Å². The van der Waals surface area contributed by atoms with Gasteiger partial charge in [0.15, 0.2) is 5.78 Å². The number of ketones is 1. The monoisotopic (exact) mass is 573 g/mol. The highest BCUT2D eigenvalue weighted by molar-refractivity contribution is 7.91. The van der Waals surface area contributed by atoms with Crippen LogP contribution in [0.2, 0.25) is 4.34 Å². The van der Waals surface area contributed by atoms with Crippen molar-refractivity contribution in [2.24, 2.45) is 0 Å². The lowest BCUT2D eigenvalue weighted by atomic mass is 10.0. The molecule has 1 aliphatic heterocycles. The van der Waals surface area contributed by atoms with E-state index in [2.05, 4.69) is 9.97 Å². The van der Waals surface area contributed by atoms with E-state index in [9.17, 15) is 26.4 Å². The molecular formula is C24H23ClF3N3O4S2. The molecule has 0 amide bonds. The number of aromatic nitrogens is 2. The predicted molar refractivity (Wildman–Crippen MR) is 133 cm³/mol. The lowest BCUT2D eigenvalue weighted by Gasteiger charge is -2.22. The van der Waals surface area contributed by atoms with E-state index in [1.165, 1.54) is 28.6 Å². The second kappa shape index (κ2) is 11.1. The fourth-order valence-corrected chi connectivity index (χ4v) is 7.38. The van der Waals surface area contributed by atoms with Crippen molar-refractivity contribution in [2.45, 2.75) is 49.0 Å². The molecule has 0 unspecified atom stereocenters. The maximum atomic E-state index is 13.1. The first-order valence-corrected chi connectivity index (χ1v) is 14.1. The molecule has 1 saturated heterocycles. The number of hydrogen-bond donors (Lipinski definition) is 0. The number of ether oxygens (including phenoxy) is 1. The Balaban J connectivity index is 1.51. The number of thiophene rings is 1. The van der Waals surface area contributed by atoms with Gasteiger partial charge in [0.05, 0.1) is 28.2 Å². The molecule has 0 bridgehead atoms. The second-order valence-corrected chi connectivity index (χ2v) is 12.2. The molecule has 3 aromatic rings. The number of Topliss-reactive ketones (excluding diaryl/α,β-unsaturated/α-hetero) is 1. The average Bonchev–Trinajstić information content (AvgIpc) is 3.52. The van der Waals surface area contributed by atoms with Crippen molar-refractivity contribution < 1.29 is 31.1 Å². The van der Waals surface area contributed by atoms with Crippen LogP contribution in [0.5, 0.6) is 6.01 Å². The van der Waals surface area contributed by atoms with Gasteiger partial charge in [-0.2, -0.15) is 22.5 Å². The van der Waals surface area contributed by atoms with Gasteiger partial charge in [-0.05, 0) is 56.5 Å². The maximum Gasteiger partial charge on any atom is 0.416 e. The molecule has 0 N–H and O–H groups in total. The van der Waals surface area contributed by atoms with Gasteiger partial charge in [0.2, 0.25) is 0 Å². The largest absolute Gasteiger partial charge is 0.464 e. The summed E-state index contributed by atoms with van der Waals surface area (Å²) in [6.45, 7) is 2.26. The highest BCUT2D eigenvalue weighted by atomic mass is 35.5. The topological polar surface area (TPSA) is 89.5 Å². The van der Waals surface area contributed by atoms with E-state index in [0.29, 0.717) is 34.1 Å². The standard InChI is InChI=1S/C24H23ClF3N3O4S2/c1-2-35-23-29-17(14-18(30-23)15-5-7-16(8-6-15)24(26,27)28)9-10-20(32)19-4-3-13-31(19)37(33,34)22-12-11-21(25)36-22/h5-8,11-12,14,19H,2-4,9-10,13H2,1H3/t19-/m0/s1. The van der Waals surface area contributed by atoms with Crippen molar-refractivity contribution in [2.75, 3.05) is 13.2 Å². The Hall–Kier alpha value is -2.54. The Bertz CT molecular complexity index is 1380. The molecule has 0 radical (unpaired) electrons. The number of carbonyl (C=O) groups is 1. The van der Waals surface area contributed by atoms with Crippen molar-refractivity contribution >= 4 is 38.7 Å². The Morgan fingerprint density at radius 1 is 1.19 bits per heavy atom. The molecule has 1 aliphatic rings. The molecule has 2 aromatic heterocycles. The zero-order valence-corrected chi connectivity index (χ0v) is 22.1. The van der Waals surface area contributed by atoms with Crippen LogP contribution < -0.4 is 4.74 Å². The fourth-order valence-electron chi connectivity index (χ4n) is 4.09. The van der Waals surface area contributed by atoms with E-state index in [0.717, 1.165) is 23.5 Å². The molecule has 0 spiro atoms. The van der Waals surface area contributed by atoms with Crippen LogP contribution in [0.15, 0.2) is 46.7 Å². The third-order valence-electron chi connectivity index (χ3n) is 5.85. The smallest absolute Gasteiger partial charge is 0.416 e. The van der Waals surface area contributed by atoms with Crippen LogP contribution in [0.4, 0.5) is 13.2 Å². The molecule has 198 valence electrons. The van der Waals surface area contributed by atoms with E-state index >= 15 is 0 Å². The van der Waals surface area contributed by atoms with E-state index in [4.69, 9.17) is 16.3 Å². The first kappa shape index (κ1) is 27.5. The Kier molecular flexibility index (Phi) is 8.22. The SMILES string of the molecule is CCOc1nc(CCC(=O)[C@@H]2CCCN2S(=O)(=O)c2ccc(Cl)s2)cc(-c2ccc(C(F)(F)F)cc2)n1. The van der Waals surface area contributed by atoms with Crippen LogP contribution in [0.3, 0.4) is 0 Å². The molecule has 0 aliphatic carbocycles. The molecule has 1 aromatic carbocycles. The number of sulfonamides is 1. The van der Waals surface area contributed by atoms with Crippen LogP contribution >= 0.6 is 22.9 Å². The lowest BCUT2D eigenvalue weighted by Crippen LogP contribution is -2.40. The van der Waals surface area contributed by atoms with Crippen molar-refractivity contribution in [1.82, 2.24) is 14.3 Å². The van der Waals surface area contributed by atoms with Crippen LogP contribution in [0.1, 0.15) is 37.4 Å². The lowest BCUT2D eigenvalue weighted by molar-refractivity contribution is -0.137. The Labute approximate surface area is 221 Å². The second-order valence-electron chi connectivity index (χ2n) is 8.33. The first-order chi connectivity index (χ1) is 17.5. The predicted octanol–water partition coefficient (Wildman–Crippen LogP) is 5.63. The van der Waals surface area contributed by atoms with Crippen molar-refractivity contribution in [3.05, 3.63) is 58.1 Å². The van der Waals surface area contributed by atoms with Gasteiger partial charge in [-0.1, -0.05) is 23.7 Å². The molecule has 0 saturated carbocycles. The maximum absolute atomic E-state index is 13.1. The minimum Gasteiger partial charge on any atom is -0.464 e. The van der Waals surface area contributed by atoms with Crippen molar-refractivity contribution in [3.8, 4) is 17.3 Å². The van der Waals surface area contributed by atoms with E-state index in [-0.39, 0.29) is 42.0 Å². The summed E-state index contributed by atoms with van der Waals surface area (Å²) in [5.41, 5.74) is 0.474. The molecule has 3 heterocycles. The summed E-state index contributed by atoms with van der Waals surface area (Å²) in [5, 5.41) is 0. The minimum absolute atomic E-state index is 0.0247. The van der Waals surface area contributed by atoms with Crippen LogP contribution in [0, 0.1) is 0 Å². The molecule has 4 rings (SSSR count). The number of aryl methyl sites for hydroxylation is 1. The number of alkyl halides is 3. The van der Waals surface area contributed by atoms with E-state index in [1.807, 2.05) is 0 Å². The number of hydrogen-bond acceptors (Lipinski definition) is 7. The third kappa shape index (κ3) is 6.31. The fraction of sp³-hybridized carbons (Fsp3) is 0.375. The summed E-state index contributed by atoms with van der Waals surface area (Å²) in [6, 6.07) is 8.35. The Morgan fingerprint density at radius 3 is 2.54 bits per heavy atom. The summed E-state index contributed by atoms with van der Waals surface area (Å²) >= 11 is 6.85. The summed E-state index contributed by atoms with van der Waals surface area (Å²) in [5.74, 6) is -0.239. The molecule has 1 atom stereocenters. The number of rotatable bonds is 9. The quantitative estimate of drug-likeness (QED) is 0.329. The average molecular weight is 574 g/mol. The zero-order valence-electron chi connectivity index (χ0n) is 19.7. The van der Waals surface area contributed by atoms with Crippen molar-refractivity contribution in [1.29, 1.82) is 0 Å². The molecule has 7 nitrogen and oxygen atoms in total. The molecular weight excluding hydrogens is 551 g/mol. The van der Waals surface area contributed by atoms with Crippen LogP contribution in [-0.2, 0) is 27.4 Å². The van der Waals surface area contributed by atoms with Gasteiger partial charge in [-0.15, -0.1) is 11.3 Å². The third-order valence-corrected chi connectivity index (χ3v) is 9.46.